The molecule has 0 aliphatic rings. The van der Waals surface area contributed by atoms with Crippen molar-refractivity contribution in [3.8, 4) is 5.69 Å². The third-order valence-corrected chi connectivity index (χ3v) is 6.68. The van der Waals surface area contributed by atoms with Gasteiger partial charge in [-0.25, -0.2) is 8.42 Å². The number of hydrogen-bond donors (Lipinski definition) is 1. The Balaban J connectivity index is 2.04. The Kier molecular flexibility index (Phi) is 7.54. The molecule has 0 saturated heterocycles. The third kappa shape index (κ3) is 5.73. The number of ketones is 1. The summed E-state index contributed by atoms with van der Waals surface area (Å²) >= 11 is 0. The fraction of sp³-hybridized carbons (Fsp3) is 0.240. The maximum atomic E-state index is 13.3. The molecule has 1 N–H and O–H groups in total. The van der Waals surface area contributed by atoms with Gasteiger partial charge in [-0.15, -0.1) is 0 Å². The lowest BCUT2D eigenvalue weighted by atomic mass is 10.0. The lowest BCUT2D eigenvalue weighted by molar-refractivity contribution is -0.137. The Labute approximate surface area is 205 Å². The SMILES string of the molecule is CCC(=O)c1cc(C(=O)NCc2ccc(S(C)(=O)=O)cc2)c(=O)n(-c2cccc(C(F)(F)F)c2)c1C. The monoisotopic (exact) mass is 520 g/mol. The predicted molar refractivity (Wildman–Crippen MR) is 127 cm³/mol. The highest BCUT2D eigenvalue weighted by Gasteiger charge is 2.31. The van der Waals surface area contributed by atoms with Crippen molar-refractivity contribution in [3.63, 3.8) is 0 Å². The number of Topliss-reactive ketones (excluding diaryl/α,β-unsaturated/α-hetero) is 1. The zero-order valence-electron chi connectivity index (χ0n) is 19.6. The molecule has 0 spiro atoms. The molecule has 0 radical (unpaired) electrons. The second-order valence-electron chi connectivity index (χ2n) is 8.12. The van der Waals surface area contributed by atoms with Crippen molar-refractivity contribution in [2.75, 3.05) is 6.26 Å². The first-order chi connectivity index (χ1) is 16.7. The van der Waals surface area contributed by atoms with Crippen LogP contribution in [0.25, 0.3) is 5.69 Å². The first kappa shape index (κ1) is 26.9. The summed E-state index contributed by atoms with van der Waals surface area (Å²) < 4.78 is 63.9. The van der Waals surface area contributed by atoms with Crippen LogP contribution < -0.4 is 10.9 Å². The van der Waals surface area contributed by atoms with Gasteiger partial charge in [0.15, 0.2) is 15.6 Å². The lowest BCUT2D eigenvalue weighted by Gasteiger charge is -2.17. The molecule has 0 saturated carbocycles. The largest absolute Gasteiger partial charge is 0.416 e. The highest BCUT2D eigenvalue weighted by Crippen LogP contribution is 2.30. The van der Waals surface area contributed by atoms with Crippen molar-refractivity contribution >= 4 is 21.5 Å². The van der Waals surface area contributed by atoms with Crippen LogP contribution in [-0.4, -0.2) is 30.9 Å². The maximum Gasteiger partial charge on any atom is 0.416 e. The number of pyridine rings is 1. The average molecular weight is 521 g/mol. The molecule has 0 bridgehead atoms. The fourth-order valence-electron chi connectivity index (χ4n) is 3.60. The van der Waals surface area contributed by atoms with Gasteiger partial charge in [0, 0.05) is 36.2 Å². The number of hydrogen-bond acceptors (Lipinski definition) is 5. The summed E-state index contributed by atoms with van der Waals surface area (Å²) in [6.07, 6.45) is -3.54. The van der Waals surface area contributed by atoms with E-state index in [-0.39, 0.29) is 34.8 Å². The minimum atomic E-state index is -4.66. The smallest absolute Gasteiger partial charge is 0.348 e. The Morgan fingerprint density at radius 1 is 1.00 bits per heavy atom. The number of nitrogens with one attached hydrogen (secondary N) is 1. The van der Waals surface area contributed by atoms with Crippen LogP contribution in [-0.2, 0) is 22.6 Å². The molecule has 2 aromatic carbocycles. The van der Waals surface area contributed by atoms with E-state index in [1.54, 1.807) is 6.92 Å². The van der Waals surface area contributed by atoms with Gasteiger partial charge in [0.25, 0.3) is 11.5 Å². The van der Waals surface area contributed by atoms with E-state index in [1.165, 1.54) is 37.3 Å². The molecule has 190 valence electrons. The summed E-state index contributed by atoms with van der Waals surface area (Å²) in [6, 6.07) is 11.0. The van der Waals surface area contributed by atoms with Crippen molar-refractivity contribution in [1.29, 1.82) is 0 Å². The van der Waals surface area contributed by atoms with Crippen LogP contribution in [0.3, 0.4) is 0 Å². The van der Waals surface area contributed by atoms with Gasteiger partial charge in [-0.2, -0.15) is 13.2 Å². The molecule has 1 amide bonds. The number of sulfone groups is 1. The summed E-state index contributed by atoms with van der Waals surface area (Å²) in [5.41, 5.74) is -1.72. The maximum absolute atomic E-state index is 13.3. The second-order valence-corrected chi connectivity index (χ2v) is 10.1. The zero-order chi connectivity index (χ0) is 26.8. The minimum Gasteiger partial charge on any atom is -0.348 e. The van der Waals surface area contributed by atoms with Crippen LogP contribution in [0.2, 0.25) is 0 Å². The van der Waals surface area contributed by atoms with Gasteiger partial charge in [-0.05, 0) is 48.9 Å². The molecular formula is C25H23F3N2O5S. The second kappa shape index (κ2) is 10.1. The van der Waals surface area contributed by atoms with Gasteiger partial charge in [0.05, 0.1) is 10.5 Å². The number of carbonyl (C=O) groups is 2. The molecule has 0 aliphatic heterocycles. The highest BCUT2D eigenvalue weighted by molar-refractivity contribution is 7.90. The van der Waals surface area contributed by atoms with Gasteiger partial charge in [-0.3, -0.25) is 19.0 Å². The average Bonchev–Trinajstić information content (AvgIpc) is 2.81. The normalized spacial score (nSPS) is 11.8. The van der Waals surface area contributed by atoms with Gasteiger partial charge in [0.2, 0.25) is 0 Å². The van der Waals surface area contributed by atoms with Crippen LogP contribution in [0.1, 0.15) is 50.9 Å². The van der Waals surface area contributed by atoms with E-state index < -0.39 is 44.4 Å². The number of alkyl halides is 3. The number of aromatic nitrogens is 1. The molecule has 3 rings (SSSR count). The summed E-state index contributed by atoms with van der Waals surface area (Å²) in [5.74, 6) is -1.23. The molecule has 3 aromatic rings. The Morgan fingerprint density at radius 3 is 2.19 bits per heavy atom. The molecular weight excluding hydrogens is 497 g/mol. The number of benzene rings is 2. The Morgan fingerprint density at radius 2 is 1.64 bits per heavy atom. The number of amides is 1. The molecule has 1 heterocycles. The van der Waals surface area contributed by atoms with Crippen molar-refractivity contribution in [3.05, 3.63) is 92.9 Å². The summed E-state index contributed by atoms with van der Waals surface area (Å²) in [6.45, 7) is 2.95. The van der Waals surface area contributed by atoms with Gasteiger partial charge >= 0.3 is 6.18 Å². The van der Waals surface area contributed by atoms with Crippen LogP contribution >= 0.6 is 0 Å². The summed E-state index contributed by atoms with van der Waals surface area (Å²) in [5, 5.41) is 2.54. The van der Waals surface area contributed by atoms with Crippen LogP contribution in [0.4, 0.5) is 13.2 Å². The van der Waals surface area contributed by atoms with E-state index in [0.717, 1.165) is 35.1 Å². The number of rotatable bonds is 7. The minimum absolute atomic E-state index is 0.0390. The topological polar surface area (TPSA) is 102 Å². The fourth-order valence-corrected chi connectivity index (χ4v) is 4.23. The van der Waals surface area contributed by atoms with E-state index in [0.29, 0.717) is 5.56 Å². The molecule has 7 nitrogen and oxygen atoms in total. The van der Waals surface area contributed by atoms with Crippen LogP contribution in [0.5, 0.6) is 0 Å². The predicted octanol–water partition coefficient (Wildman–Crippen LogP) is 4.09. The number of nitrogens with zero attached hydrogens (tertiary/aromatic N) is 1. The molecule has 11 heteroatoms. The number of carbonyl (C=O) groups excluding carboxylic acids is 2. The molecule has 0 atom stereocenters. The Hall–Kier alpha value is -3.73. The van der Waals surface area contributed by atoms with Crippen molar-refractivity contribution in [2.45, 2.75) is 37.9 Å². The summed E-state index contributed by atoms with van der Waals surface area (Å²) in [7, 11) is -3.40. The molecule has 0 unspecified atom stereocenters. The molecule has 1 aromatic heterocycles. The highest BCUT2D eigenvalue weighted by atomic mass is 32.2. The van der Waals surface area contributed by atoms with E-state index in [4.69, 9.17) is 0 Å². The Bertz CT molecular complexity index is 1490. The van der Waals surface area contributed by atoms with Gasteiger partial charge in [0.1, 0.15) is 5.56 Å². The quantitative estimate of drug-likeness (QED) is 0.473. The van der Waals surface area contributed by atoms with Crippen molar-refractivity contribution in [2.24, 2.45) is 0 Å². The van der Waals surface area contributed by atoms with E-state index in [2.05, 4.69) is 5.32 Å². The number of halogens is 3. The van der Waals surface area contributed by atoms with Gasteiger partial charge in [-0.1, -0.05) is 25.1 Å². The first-order valence-electron chi connectivity index (χ1n) is 10.8. The van der Waals surface area contributed by atoms with E-state index >= 15 is 0 Å². The van der Waals surface area contributed by atoms with Crippen molar-refractivity contribution in [1.82, 2.24) is 9.88 Å². The van der Waals surface area contributed by atoms with Gasteiger partial charge < -0.3 is 5.32 Å². The van der Waals surface area contributed by atoms with E-state index in [9.17, 15) is 36.0 Å². The van der Waals surface area contributed by atoms with E-state index in [1.807, 2.05) is 0 Å². The zero-order valence-corrected chi connectivity index (χ0v) is 20.5. The van der Waals surface area contributed by atoms with Crippen LogP contribution in [0, 0.1) is 6.92 Å². The third-order valence-electron chi connectivity index (χ3n) is 5.55. The van der Waals surface area contributed by atoms with Crippen molar-refractivity contribution < 1.29 is 31.2 Å². The molecule has 0 aliphatic carbocycles. The molecule has 0 fully saturated rings. The van der Waals surface area contributed by atoms with Crippen LogP contribution in [0.15, 0.2) is 64.3 Å². The first-order valence-corrected chi connectivity index (χ1v) is 12.7. The standard InChI is InChI=1S/C25H23F3N2O5S/c1-4-22(31)20-13-21(23(32)29-14-16-8-10-19(11-9-16)36(3,34)35)24(33)30(15(20)2)18-7-5-6-17(12-18)25(26,27)28/h5-13H,4,14H2,1-3H3,(H,29,32). The molecule has 36 heavy (non-hydrogen) atoms. The lowest BCUT2D eigenvalue weighted by Crippen LogP contribution is -2.34. The summed E-state index contributed by atoms with van der Waals surface area (Å²) in [4.78, 5) is 38.8.